The lowest BCUT2D eigenvalue weighted by Gasteiger charge is -2.17. The molecule has 3 heterocycles. The van der Waals surface area contributed by atoms with Crippen LogP contribution < -0.4 is 60.7 Å². The standard InChI is InChI=1S/C31H22F5NO6.C31H26F2N2O5S.C30H21F2NO5S.3CH4/c1-15-3-5-17(29-19-11-21(32)23(38)13-27(19)43-28-14-24(39)22(33)12-20(28)29)9-25(15)41-7-8-42-26-10-18(6-4-16(26)2)37-30(40)31(34,35)36;1-16-4-6-18(10-26(16)38-8-9-39-27-11-19(7-5-17(27)2)35-31(41)34-3)30-20-12-22(32)24(36)14-28(20)40-29-15-25(37)23(33)13-21(29)30;1-16-3-5-18(9-26(16)36-7-8-37-27-10-19(33-15-39)6-4-17(27)2)30-20-11-22(31)24(34)13-28(20)38-29-14-25(35)23(32)12-21(29)30;;;/h3-6,9-14,38H,7-8H2,1-2H3,(H,37,40);4-7,10-15,36H,8-9H2,1-3H3,(H2,34,35,41);3-6,9-14,34H,7-8H2,1-2H3;3*1H4. The molecule has 3 aliphatic carbocycles. The van der Waals surface area contributed by atoms with E-state index in [1.54, 1.807) is 74.7 Å². The fraction of sp³-hybridized carbons (Fsp3) is 0.179. The molecule has 0 bridgehead atoms. The number of thiocarbonyl (C=S) groups is 2. The number of rotatable bonds is 21. The van der Waals surface area contributed by atoms with Crippen molar-refractivity contribution in [3.8, 4) is 119 Å². The maximum atomic E-state index is 14.4. The van der Waals surface area contributed by atoms with E-state index in [9.17, 15) is 74.0 Å². The molecule has 3 aliphatic heterocycles. The number of nitrogens with zero attached hydrogens (tertiary/aromatic N) is 1. The number of ether oxygens (including phenoxy) is 6. The number of hydrogen-bond acceptors (Lipinski definition) is 19. The van der Waals surface area contributed by atoms with Crippen LogP contribution in [0.1, 0.15) is 55.7 Å². The number of aryl methyl sites for hydroxylation is 6. The van der Waals surface area contributed by atoms with E-state index in [4.69, 9.17) is 53.9 Å². The number of alkyl halides is 3. The van der Waals surface area contributed by atoms with E-state index in [2.05, 4.69) is 33.0 Å². The van der Waals surface area contributed by atoms with Crippen LogP contribution in [0.5, 0.6) is 51.7 Å². The molecule has 9 aromatic rings. The molecule has 0 atom stereocenters. The van der Waals surface area contributed by atoms with E-state index >= 15 is 0 Å². The third-order valence-electron chi connectivity index (χ3n) is 19.5. The number of isothiocyanates is 1. The van der Waals surface area contributed by atoms with Crippen molar-refractivity contribution in [2.75, 3.05) is 57.3 Å². The molecule has 0 unspecified atom stereocenters. The van der Waals surface area contributed by atoms with Crippen LogP contribution >= 0.6 is 24.4 Å². The van der Waals surface area contributed by atoms with Crippen molar-refractivity contribution in [3.63, 3.8) is 0 Å². The smallest absolute Gasteiger partial charge is 0.471 e. The van der Waals surface area contributed by atoms with Gasteiger partial charge in [0.15, 0.2) is 57.3 Å². The Hall–Kier alpha value is -14.4. The van der Waals surface area contributed by atoms with Gasteiger partial charge in [-0.25, -0.2) is 26.3 Å². The highest BCUT2D eigenvalue weighted by molar-refractivity contribution is 7.80. The van der Waals surface area contributed by atoms with Gasteiger partial charge in [-0.15, -0.1) is 0 Å². The first-order valence-electron chi connectivity index (χ1n) is 37.3. The maximum absolute atomic E-state index is 14.4. The summed E-state index contributed by atoms with van der Waals surface area (Å²) in [6.45, 7) is 12.0. The Morgan fingerprint density at radius 1 is 0.397 bits per heavy atom. The van der Waals surface area contributed by atoms with Gasteiger partial charge >= 0.3 is 12.1 Å². The molecule has 0 aromatic heterocycles. The van der Waals surface area contributed by atoms with Crippen LogP contribution in [0.25, 0.3) is 100 Å². The number of halogens is 9. The first-order chi connectivity index (χ1) is 58.7. The molecule has 20 nitrogen and oxygen atoms in total. The molecule has 0 radical (unpaired) electrons. The van der Waals surface area contributed by atoms with Gasteiger partial charge in [0.1, 0.15) is 108 Å². The number of carbonyl (C=O) groups excluding carboxylic acids is 1. The number of carbonyl (C=O) groups is 1. The predicted octanol–water partition coefficient (Wildman–Crippen LogP) is 22.9. The minimum absolute atomic E-state index is 0. The highest BCUT2D eigenvalue weighted by Crippen LogP contribution is 2.47. The van der Waals surface area contributed by atoms with Gasteiger partial charge in [-0.2, -0.15) is 18.2 Å². The van der Waals surface area contributed by atoms with Crippen LogP contribution in [0.3, 0.4) is 0 Å². The molecule has 15 rings (SSSR count). The number of aromatic hydroxyl groups is 3. The van der Waals surface area contributed by atoms with Gasteiger partial charge in [-0.05, 0) is 189 Å². The first kappa shape index (κ1) is 93.8. The number of phenolic OH excluding ortho intramolecular Hbond substituents is 3. The van der Waals surface area contributed by atoms with E-state index in [1.165, 1.54) is 18.2 Å². The number of anilines is 2. The number of phenols is 3. The van der Waals surface area contributed by atoms with Gasteiger partial charge in [0.05, 0.1) is 10.8 Å². The number of nitrogens with one attached hydrogen (secondary N) is 3. The fourth-order valence-corrected chi connectivity index (χ4v) is 13.4. The molecule has 6 N–H and O–H groups in total. The van der Waals surface area contributed by atoms with Crippen LogP contribution in [-0.2, 0) is 4.79 Å². The summed E-state index contributed by atoms with van der Waals surface area (Å²) in [4.78, 5) is 51.2. The summed E-state index contributed by atoms with van der Waals surface area (Å²) in [6.07, 6.45) is -5.04. The second-order valence-corrected chi connectivity index (χ2v) is 28.6. The van der Waals surface area contributed by atoms with Gasteiger partial charge in [0.25, 0.3) is 0 Å². The Kier molecular flexibility index (Phi) is 29.7. The molecular weight excluding hydrogens is 1690 g/mol. The quantitative estimate of drug-likeness (QED) is 0.0128. The topological polar surface area (TPSA) is 272 Å². The molecule has 0 saturated carbocycles. The maximum Gasteiger partial charge on any atom is 0.471 e. The number of benzene rings is 12. The van der Waals surface area contributed by atoms with Crippen molar-refractivity contribution in [1.29, 1.82) is 0 Å². The predicted molar refractivity (Wildman–Crippen MR) is 474 cm³/mol. The van der Waals surface area contributed by atoms with Crippen LogP contribution in [0.4, 0.5) is 56.6 Å². The zero-order chi connectivity index (χ0) is 88.0. The highest BCUT2D eigenvalue weighted by atomic mass is 32.1. The summed E-state index contributed by atoms with van der Waals surface area (Å²) in [5.41, 5.74) is 7.52. The lowest BCUT2D eigenvalue weighted by Crippen LogP contribution is -2.29. The Morgan fingerprint density at radius 3 is 0.984 bits per heavy atom. The molecule has 0 saturated heterocycles. The largest absolute Gasteiger partial charge is 0.505 e. The van der Waals surface area contributed by atoms with Crippen LogP contribution in [-0.4, -0.2) is 84.4 Å². The van der Waals surface area contributed by atoms with E-state index in [1.807, 2.05) is 70.2 Å². The molecule has 31 heteroatoms. The molecule has 0 fully saturated rings. The summed E-state index contributed by atoms with van der Waals surface area (Å²) in [5, 5.41) is 41.0. The summed E-state index contributed by atoms with van der Waals surface area (Å²) < 4.78 is 177. The van der Waals surface area contributed by atoms with Crippen molar-refractivity contribution < 1.29 is 101 Å². The summed E-state index contributed by atoms with van der Waals surface area (Å²) >= 11 is 9.82. The van der Waals surface area contributed by atoms with Crippen molar-refractivity contribution in [1.82, 2.24) is 5.32 Å². The van der Waals surface area contributed by atoms with Crippen LogP contribution in [0.15, 0.2) is 215 Å². The number of amides is 1. The number of hydrogen-bond donors (Lipinski definition) is 6. The summed E-state index contributed by atoms with van der Waals surface area (Å²) in [6, 6.07) is 43.8. The van der Waals surface area contributed by atoms with E-state index in [0.29, 0.717) is 94.8 Å². The van der Waals surface area contributed by atoms with Gasteiger partial charge < -0.3 is 72.9 Å². The lowest BCUT2D eigenvalue weighted by atomic mass is 9.92. The van der Waals surface area contributed by atoms with E-state index in [0.717, 1.165) is 101 Å². The van der Waals surface area contributed by atoms with Gasteiger partial charge in [-0.3, -0.25) is 19.2 Å². The minimum Gasteiger partial charge on any atom is -0.505 e. The second kappa shape index (κ2) is 39.8. The third-order valence-corrected chi connectivity index (χ3v) is 19.9. The molecule has 1 amide bonds. The Bertz CT molecular complexity index is 6810. The SMILES string of the molecule is C.C.C.CNC(=S)Nc1ccc(C)c(OCCOc2cc(-c3c4cc(F)c(=O)cc-4oc4cc(O)c(F)cc34)ccc2C)c1.Cc1ccc(N=C=S)cc1OCCOc1cc(-c2c3cc(F)c(=O)cc-3oc3cc(O)c(F)cc23)ccc1C.Cc1ccc(NC(=O)C(F)(F)F)cc1OCCOc1cc(-c2c3cc(F)c(=O)cc-3oc3cc(O)c(F)cc23)ccc1C. The highest BCUT2D eigenvalue weighted by Gasteiger charge is 2.39. The monoisotopic (exact) mass is 1770 g/mol. The fourth-order valence-electron chi connectivity index (χ4n) is 13.2. The molecular formula is C95H81F9N4O16S2. The van der Waals surface area contributed by atoms with Crippen molar-refractivity contribution >= 4 is 90.6 Å². The molecule has 9 aromatic carbocycles. The first-order valence-corrected chi connectivity index (χ1v) is 38.1. The average Bonchev–Trinajstić information content (AvgIpc) is 0.754. The normalized spacial score (nSPS) is 11.0. The Morgan fingerprint density at radius 2 is 0.683 bits per heavy atom. The summed E-state index contributed by atoms with van der Waals surface area (Å²) in [5.74, 6) is -6.33. The zero-order valence-electron chi connectivity index (χ0n) is 65.9. The van der Waals surface area contributed by atoms with E-state index in [-0.39, 0.29) is 129 Å². The van der Waals surface area contributed by atoms with Crippen LogP contribution in [0, 0.1) is 76.4 Å². The van der Waals surface area contributed by atoms with Crippen LogP contribution in [0.2, 0.25) is 0 Å². The van der Waals surface area contributed by atoms with Gasteiger partial charge in [0, 0.05) is 123 Å². The molecule has 6 aliphatic rings. The number of aliphatic imine (C=N–C) groups is 1. The third kappa shape index (κ3) is 21.1. The average molecular weight is 1770 g/mol. The molecule has 652 valence electrons. The summed E-state index contributed by atoms with van der Waals surface area (Å²) in [7, 11) is 1.73. The lowest BCUT2D eigenvalue weighted by molar-refractivity contribution is -0.167. The van der Waals surface area contributed by atoms with Crippen molar-refractivity contribution in [3.05, 3.63) is 281 Å². The van der Waals surface area contributed by atoms with Crippen molar-refractivity contribution in [2.45, 2.75) is 70.0 Å². The van der Waals surface area contributed by atoms with Crippen molar-refractivity contribution in [2.24, 2.45) is 4.99 Å². The zero-order valence-corrected chi connectivity index (χ0v) is 67.5. The molecule has 0 spiro atoms. The van der Waals surface area contributed by atoms with Gasteiger partial charge in [-0.1, -0.05) is 76.9 Å². The Labute approximate surface area is 725 Å². The van der Waals surface area contributed by atoms with Gasteiger partial charge in [0.2, 0.25) is 16.3 Å². The molecule has 126 heavy (non-hydrogen) atoms. The number of fused-ring (bicyclic) bond motifs is 6. The Balaban J connectivity index is 0.000000195. The minimum atomic E-state index is -5.04. The second-order valence-electron chi connectivity index (χ2n) is 28.0. The van der Waals surface area contributed by atoms with E-state index < -0.39 is 80.5 Å².